The predicted octanol–water partition coefficient (Wildman–Crippen LogP) is 4.09. The van der Waals surface area contributed by atoms with Gasteiger partial charge in [0.1, 0.15) is 11.7 Å². The molecule has 1 aromatic heterocycles. The monoisotopic (exact) mass is 581 g/mol. The Hall–Kier alpha value is -3.85. The molecule has 3 atom stereocenters. The van der Waals surface area contributed by atoms with Gasteiger partial charge in [0.2, 0.25) is 5.91 Å². The summed E-state index contributed by atoms with van der Waals surface area (Å²) >= 11 is 0. The highest BCUT2D eigenvalue weighted by Gasteiger charge is 2.47. The Bertz CT molecular complexity index is 1500. The zero-order valence-corrected chi connectivity index (χ0v) is 23.4. The summed E-state index contributed by atoms with van der Waals surface area (Å²) in [6, 6.07) is 12.3. The van der Waals surface area contributed by atoms with Crippen molar-refractivity contribution in [1.82, 2.24) is 10.3 Å². The van der Waals surface area contributed by atoms with Crippen molar-refractivity contribution in [3.05, 3.63) is 59.7 Å². The number of pyridine rings is 1. The number of amides is 1. The Labute approximate surface area is 238 Å². The van der Waals surface area contributed by atoms with Crippen LogP contribution in [0.25, 0.3) is 5.57 Å². The average Bonchev–Trinajstić information content (AvgIpc) is 3.74. The van der Waals surface area contributed by atoms with Crippen LogP contribution in [0.1, 0.15) is 37.7 Å². The van der Waals surface area contributed by atoms with Crippen LogP contribution in [0.5, 0.6) is 0 Å². The Morgan fingerprint density at radius 1 is 1.22 bits per heavy atom. The van der Waals surface area contributed by atoms with E-state index in [4.69, 9.17) is 10.5 Å². The summed E-state index contributed by atoms with van der Waals surface area (Å²) in [5.41, 5.74) is 8.25. The first-order valence-corrected chi connectivity index (χ1v) is 15.6. The normalized spacial score (nSPS) is 25.7. The Morgan fingerprint density at radius 3 is 2.56 bits per heavy atom. The first kappa shape index (κ1) is 28.7. The van der Waals surface area contributed by atoms with Gasteiger partial charge in [0.15, 0.2) is 11.6 Å². The lowest BCUT2D eigenvalue weighted by Crippen LogP contribution is -2.45. The molecular weight excluding hydrogens is 548 g/mol. The number of rotatable bonds is 7. The minimum Gasteiger partial charge on any atom is -0.401 e. The van der Waals surface area contributed by atoms with Crippen molar-refractivity contribution in [3.8, 4) is 6.07 Å². The molecule has 1 unspecified atom stereocenters. The van der Waals surface area contributed by atoms with Crippen LogP contribution in [0.4, 0.5) is 20.3 Å². The van der Waals surface area contributed by atoms with Gasteiger partial charge in [-0.1, -0.05) is 12.1 Å². The van der Waals surface area contributed by atoms with Crippen LogP contribution in [0.15, 0.2) is 53.3 Å². The summed E-state index contributed by atoms with van der Waals surface area (Å²) in [7, 11) is -2.53. The molecule has 3 fully saturated rings. The third-order valence-corrected chi connectivity index (χ3v) is 9.82. The molecule has 1 saturated heterocycles. The van der Waals surface area contributed by atoms with Crippen LogP contribution >= 0.6 is 0 Å². The molecule has 0 radical (unpaired) electrons. The summed E-state index contributed by atoms with van der Waals surface area (Å²) < 4.78 is 48.8. The lowest BCUT2D eigenvalue weighted by atomic mass is 9.74. The van der Waals surface area contributed by atoms with E-state index >= 15 is 0 Å². The second-order valence-electron chi connectivity index (χ2n) is 11.0. The average molecular weight is 582 g/mol. The summed E-state index contributed by atoms with van der Waals surface area (Å²) in [6.07, 6.45) is 3.39. The smallest absolute Gasteiger partial charge is 0.225 e. The van der Waals surface area contributed by atoms with E-state index in [0.29, 0.717) is 60.7 Å². The number of nitriles is 1. The quantitative estimate of drug-likeness (QED) is 0.420. The fraction of sp³-hybridized carbons (Fsp3) is 0.448. The van der Waals surface area contributed by atoms with Crippen LogP contribution in [-0.4, -0.2) is 57.6 Å². The van der Waals surface area contributed by atoms with Gasteiger partial charge in [-0.3, -0.25) is 9.57 Å². The molecule has 0 bridgehead atoms. The van der Waals surface area contributed by atoms with Gasteiger partial charge in [-0.05, 0) is 61.9 Å². The molecule has 4 N–H and O–H groups in total. The van der Waals surface area contributed by atoms with Crippen molar-refractivity contribution >= 4 is 38.9 Å². The summed E-state index contributed by atoms with van der Waals surface area (Å²) in [5.74, 6) is -1.78. The fourth-order valence-corrected chi connectivity index (χ4v) is 6.69. The second-order valence-corrected chi connectivity index (χ2v) is 13.4. The molecule has 2 heterocycles. The number of halogens is 2. The first-order chi connectivity index (χ1) is 19.6. The van der Waals surface area contributed by atoms with Gasteiger partial charge in [-0.2, -0.15) is 5.26 Å². The molecule has 12 heteroatoms. The van der Waals surface area contributed by atoms with E-state index in [2.05, 4.69) is 26.3 Å². The first-order valence-electron chi connectivity index (χ1n) is 13.7. The number of carbonyl (C=O) groups is 1. The molecular formula is C29H33F2N7O2S. The molecule has 216 valence electrons. The van der Waals surface area contributed by atoms with Gasteiger partial charge in [-0.25, -0.2) is 23.0 Å². The number of nitrogens with two attached hydrogens (primary N) is 1. The van der Waals surface area contributed by atoms with Crippen molar-refractivity contribution < 1.29 is 17.8 Å². The van der Waals surface area contributed by atoms with Gasteiger partial charge in [-0.15, -0.1) is 0 Å². The van der Waals surface area contributed by atoms with E-state index in [1.807, 2.05) is 24.3 Å². The van der Waals surface area contributed by atoms with E-state index in [1.54, 1.807) is 0 Å². The summed E-state index contributed by atoms with van der Waals surface area (Å²) in [6.45, 7) is 1.03. The number of anilines is 1. The highest BCUT2D eigenvalue weighted by Crippen LogP contribution is 2.40. The number of benzene rings is 1. The van der Waals surface area contributed by atoms with E-state index in [9.17, 15) is 23.0 Å². The van der Waals surface area contributed by atoms with Crippen LogP contribution in [0.3, 0.4) is 0 Å². The molecule has 5 rings (SSSR count). The SMILES string of the molecule is N#CC1(NC(=O)C2C[C@@H](F)CC[C@H]2C(N)=C(C=Nc2ncccc2F)c2ccc(N3CCS(=N)(=O)CC3)cc2)CC1. The topological polar surface area (TPSA) is 148 Å². The van der Waals surface area contributed by atoms with Crippen molar-refractivity contribution in [2.45, 2.75) is 43.8 Å². The number of hydrogen-bond acceptors (Lipinski definition) is 8. The Morgan fingerprint density at radius 2 is 1.93 bits per heavy atom. The highest BCUT2D eigenvalue weighted by atomic mass is 32.2. The van der Waals surface area contributed by atoms with E-state index < -0.39 is 45.0 Å². The number of nitrogens with one attached hydrogen (secondary N) is 2. The maximum Gasteiger partial charge on any atom is 0.225 e. The maximum atomic E-state index is 14.6. The minimum absolute atomic E-state index is 0.00884. The molecule has 9 nitrogen and oxygen atoms in total. The molecule has 3 aliphatic rings. The number of carbonyl (C=O) groups excluding carboxylic acids is 1. The van der Waals surface area contributed by atoms with E-state index in [-0.39, 0.29) is 18.7 Å². The van der Waals surface area contributed by atoms with E-state index in [1.165, 1.54) is 24.5 Å². The van der Waals surface area contributed by atoms with Crippen molar-refractivity contribution in [3.63, 3.8) is 0 Å². The maximum absolute atomic E-state index is 14.6. The Kier molecular flexibility index (Phi) is 8.09. The molecule has 1 aromatic carbocycles. The number of allylic oxidation sites excluding steroid dienone is 2. The standard InChI is InChI=1S/C29H33F2N7O2S/c30-20-5-8-22(23(16-20)28(39)37-29(18-32)9-10-29)26(33)24(17-36-27-25(31)2-1-11-35-27)19-3-6-21(7-4-19)38-12-14-41(34,40)15-13-38/h1-4,6-7,11,17,20,22-23,34H,5,8-10,12-16,33H2,(H,37,39)/t20-,22+,23?/m0/s1. The van der Waals surface area contributed by atoms with Gasteiger partial charge in [0.05, 0.1) is 6.07 Å². The molecule has 2 aromatic rings. The molecule has 0 spiro atoms. The third-order valence-electron chi connectivity index (χ3n) is 8.14. The number of aliphatic imine (C=N–C) groups is 1. The molecule has 41 heavy (non-hydrogen) atoms. The predicted molar refractivity (Wildman–Crippen MR) is 154 cm³/mol. The van der Waals surface area contributed by atoms with Crippen LogP contribution < -0.4 is 16.0 Å². The number of hydrogen-bond donors (Lipinski definition) is 3. The van der Waals surface area contributed by atoms with Gasteiger partial charge >= 0.3 is 0 Å². The lowest BCUT2D eigenvalue weighted by Gasteiger charge is -2.34. The molecule has 1 amide bonds. The van der Waals surface area contributed by atoms with Crippen LogP contribution in [0.2, 0.25) is 0 Å². The molecule has 2 saturated carbocycles. The number of alkyl halides is 1. The van der Waals surface area contributed by atoms with Crippen LogP contribution in [-0.2, 0) is 14.5 Å². The van der Waals surface area contributed by atoms with Crippen molar-refractivity contribution in [2.24, 2.45) is 22.6 Å². The summed E-state index contributed by atoms with van der Waals surface area (Å²) in [4.78, 5) is 23.6. The number of aromatic nitrogens is 1. The number of nitrogens with zero attached hydrogens (tertiary/aromatic N) is 4. The molecule has 1 aliphatic heterocycles. The minimum atomic E-state index is -2.53. The third kappa shape index (κ3) is 6.56. The second kappa shape index (κ2) is 11.6. The molecule has 2 aliphatic carbocycles. The van der Waals surface area contributed by atoms with Crippen molar-refractivity contribution in [2.75, 3.05) is 29.5 Å². The fourth-order valence-electron chi connectivity index (χ4n) is 5.45. The Balaban J connectivity index is 1.49. The highest BCUT2D eigenvalue weighted by molar-refractivity contribution is 7.92. The summed E-state index contributed by atoms with van der Waals surface area (Å²) in [5, 5.41) is 12.3. The zero-order valence-electron chi connectivity index (χ0n) is 22.6. The van der Waals surface area contributed by atoms with E-state index in [0.717, 1.165) is 5.69 Å². The zero-order chi connectivity index (χ0) is 29.2. The van der Waals surface area contributed by atoms with Gasteiger partial charge in [0, 0.05) is 75.5 Å². The van der Waals surface area contributed by atoms with Gasteiger partial charge < -0.3 is 16.0 Å². The van der Waals surface area contributed by atoms with Crippen molar-refractivity contribution in [1.29, 1.82) is 10.0 Å². The van der Waals surface area contributed by atoms with Crippen LogP contribution in [0, 0.1) is 33.8 Å². The lowest BCUT2D eigenvalue weighted by molar-refractivity contribution is -0.128. The van der Waals surface area contributed by atoms with Gasteiger partial charge in [0.25, 0.3) is 0 Å². The largest absolute Gasteiger partial charge is 0.401 e.